The lowest BCUT2D eigenvalue weighted by atomic mass is 10.2. The Balaban J connectivity index is 2.31. The second-order valence-electron chi connectivity index (χ2n) is 2.56. The Morgan fingerprint density at radius 1 is 1.50 bits per heavy atom. The highest BCUT2D eigenvalue weighted by atomic mass is 16.5. The minimum absolute atomic E-state index is 0.256. The van der Waals surface area contributed by atoms with Crippen LogP contribution in [0.4, 0.5) is 4.79 Å². The molecule has 1 amide bonds. The molecule has 4 nitrogen and oxygen atoms in total. The molecule has 74 valence electrons. The summed E-state index contributed by atoms with van der Waals surface area (Å²) < 4.78 is 4.87. The van der Waals surface area contributed by atoms with Crippen LogP contribution >= 0.6 is 0 Å². The average molecular weight is 192 g/mol. The summed E-state index contributed by atoms with van der Waals surface area (Å²) in [4.78, 5) is 10.9. The third kappa shape index (κ3) is 3.71. The molecular weight excluding hydrogens is 180 g/mol. The Bertz CT molecular complexity index is 309. The molecule has 0 heterocycles. The van der Waals surface area contributed by atoms with E-state index in [-0.39, 0.29) is 6.61 Å². The summed E-state index contributed by atoms with van der Waals surface area (Å²) in [5.41, 5.74) is 3.16. The van der Waals surface area contributed by atoms with Crippen LogP contribution in [0.25, 0.3) is 0 Å². The molecule has 0 fully saturated rings. The number of ether oxygens (including phenoxy) is 1. The maximum Gasteiger partial charge on any atom is 0.428 e. The van der Waals surface area contributed by atoms with Crippen LogP contribution in [0.3, 0.4) is 0 Å². The van der Waals surface area contributed by atoms with Crippen molar-refractivity contribution in [2.75, 3.05) is 0 Å². The Hall–Kier alpha value is -1.84. The van der Waals surface area contributed by atoms with Crippen LogP contribution in [0.5, 0.6) is 0 Å². The number of hydrogen-bond acceptors (Lipinski definition) is 3. The zero-order chi connectivity index (χ0) is 10.2. The summed E-state index contributed by atoms with van der Waals surface area (Å²) in [5, 5.41) is 3.53. The first-order valence-corrected chi connectivity index (χ1v) is 4.27. The van der Waals surface area contributed by atoms with Crippen molar-refractivity contribution < 1.29 is 9.53 Å². The Morgan fingerprint density at radius 3 is 2.86 bits per heavy atom. The predicted octanol–water partition coefficient (Wildman–Crippen LogP) is 1.92. The van der Waals surface area contributed by atoms with E-state index < -0.39 is 6.09 Å². The lowest BCUT2D eigenvalue weighted by molar-refractivity contribution is 0.140. The normalized spacial score (nSPS) is 10.1. The number of nitrogens with zero attached hydrogens (tertiary/aromatic N) is 1. The standard InChI is InChI=1S/C10H12N2O2/c1-2-11-12-10(13)14-8-9-6-4-3-5-7-9/h2-7H,8H2,1H3,(H,12,13). The minimum atomic E-state index is -0.549. The lowest BCUT2D eigenvalue weighted by Gasteiger charge is -2.02. The molecule has 0 aliphatic heterocycles. The van der Waals surface area contributed by atoms with Gasteiger partial charge in [-0.05, 0) is 12.5 Å². The fourth-order valence-corrected chi connectivity index (χ4v) is 0.873. The molecule has 0 bridgehead atoms. The van der Waals surface area contributed by atoms with Gasteiger partial charge >= 0.3 is 6.09 Å². The van der Waals surface area contributed by atoms with Gasteiger partial charge in [0.05, 0.1) is 0 Å². The molecule has 1 aromatic rings. The van der Waals surface area contributed by atoms with Crippen molar-refractivity contribution in [3.05, 3.63) is 35.9 Å². The SMILES string of the molecule is CC=NNC(=O)OCc1ccccc1. The van der Waals surface area contributed by atoms with Crippen LogP contribution in [0, 0.1) is 0 Å². The van der Waals surface area contributed by atoms with Crippen LogP contribution in [0.2, 0.25) is 0 Å². The van der Waals surface area contributed by atoms with Crippen molar-refractivity contribution in [2.45, 2.75) is 13.5 Å². The van der Waals surface area contributed by atoms with Gasteiger partial charge in [0.1, 0.15) is 6.61 Å². The second-order valence-corrected chi connectivity index (χ2v) is 2.56. The maximum atomic E-state index is 10.9. The van der Waals surface area contributed by atoms with E-state index in [2.05, 4.69) is 10.5 Å². The van der Waals surface area contributed by atoms with Gasteiger partial charge in [-0.3, -0.25) is 0 Å². The van der Waals surface area contributed by atoms with E-state index in [4.69, 9.17) is 4.74 Å². The number of rotatable bonds is 3. The number of hydrazone groups is 1. The van der Waals surface area contributed by atoms with Gasteiger partial charge < -0.3 is 4.74 Å². The molecule has 0 atom stereocenters. The van der Waals surface area contributed by atoms with Gasteiger partial charge in [-0.1, -0.05) is 30.3 Å². The molecule has 0 aromatic heterocycles. The summed E-state index contributed by atoms with van der Waals surface area (Å²) in [6.45, 7) is 1.96. The first-order valence-electron chi connectivity index (χ1n) is 4.27. The van der Waals surface area contributed by atoms with E-state index in [1.54, 1.807) is 6.92 Å². The number of carbonyl (C=O) groups is 1. The van der Waals surface area contributed by atoms with Gasteiger partial charge in [0.2, 0.25) is 0 Å². The van der Waals surface area contributed by atoms with Crippen molar-refractivity contribution in [1.82, 2.24) is 5.43 Å². The molecule has 0 saturated heterocycles. The molecule has 1 N–H and O–H groups in total. The lowest BCUT2D eigenvalue weighted by Crippen LogP contribution is -2.18. The van der Waals surface area contributed by atoms with Crippen molar-refractivity contribution >= 4 is 12.3 Å². The zero-order valence-corrected chi connectivity index (χ0v) is 7.93. The van der Waals surface area contributed by atoms with Crippen LogP contribution in [0.1, 0.15) is 12.5 Å². The van der Waals surface area contributed by atoms with E-state index in [1.807, 2.05) is 30.3 Å². The van der Waals surface area contributed by atoms with E-state index in [0.29, 0.717) is 0 Å². The Morgan fingerprint density at radius 2 is 2.21 bits per heavy atom. The maximum absolute atomic E-state index is 10.9. The molecule has 0 unspecified atom stereocenters. The third-order valence-corrected chi connectivity index (χ3v) is 1.50. The average Bonchev–Trinajstić information content (AvgIpc) is 2.25. The van der Waals surface area contributed by atoms with Crippen molar-refractivity contribution in [1.29, 1.82) is 0 Å². The smallest absolute Gasteiger partial charge is 0.428 e. The summed E-state index contributed by atoms with van der Waals surface area (Å²) in [6, 6.07) is 9.46. The molecule has 4 heteroatoms. The van der Waals surface area contributed by atoms with Gasteiger partial charge in [-0.15, -0.1) is 0 Å². The van der Waals surface area contributed by atoms with Gasteiger partial charge in [-0.25, -0.2) is 10.2 Å². The highest BCUT2D eigenvalue weighted by Crippen LogP contribution is 2.00. The summed E-state index contributed by atoms with van der Waals surface area (Å²) in [7, 11) is 0. The quantitative estimate of drug-likeness (QED) is 0.587. The summed E-state index contributed by atoms with van der Waals surface area (Å²) in [6.07, 6.45) is 0.927. The predicted molar refractivity (Wildman–Crippen MR) is 53.9 cm³/mol. The van der Waals surface area contributed by atoms with E-state index in [1.165, 1.54) is 6.21 Å². The van der Waals surface area contributed by atoms with Gasteiger partial charge in [0, 0.05) is 6.21 Å². The van der Waals surface area contributed by atoms with Gasteiger partial charge in [0.25, 0.3) is 0 Å². The van der Waals surface area contributed by atoms with E-state index in [9.17, 15) is 4.79 Å². The zero-order valence-electron chi connectivity index (χ0n) is 7.93. The molecule has 0 radical (unpaired) electrons. The minimum Gasteiger partial charge on any atom is -0.443 e. The Labute approximate surface area is 82.6 Å². The van der Waals surface area contributed by atoms with Crippen LogP contribution in [0.15, 0.2) is 35.4 Å². The highest BCUT2D eigenvalue weighted by molar-refractivity contribution is 5.68. The molecule has 0 spiro atoms. The van der Waals surface area contributed by atoms with Crippen LogP contribution in [-0.4, -0.2) is 12.3 Å². The van der Waals surface area contributed by atoms with Gasteiger partial charge in [-0.2, -0.15) is 5.10 Å². The molecule has 1 rings (SSSR count). The van der Waals surface area contributed by atoms with E-state index in [0.717, 1.165) is 5.56 Å². The van der Waals surface area contributed by atoms with E-state index >= 15 is 0 Å². The summed E-state index contributed by atoms with van der Waals surface area (Å²) >= 11 is 0. The molecule has 14 heavy (non-hydrogen) atoms. The fraction of sp³-hybridized carbons (Fsp3) is 0.200. The van der Waals surface area contributed by atoms with Crippen molar-refractivity contribution in [2.24, 2.45) is 5.10 Å². The molecule has 0 saturated carbocycles. The molecule has 0 aliphatic carbocycles. The van der Waals surface area contributed by atoms with Crippen LogP contribution < -0.4 is 5.43 Å². The third-order valence-electron chi connectivity index (χ3n) is 1.50. The largest absolute Gasteiger partial charge is 0.443 e. The number of hydrogen-bond donors (Lipinski definition) is 1. The van der Waals surface area contributed by atoms with Crippen molar-refractivity contribution in [3.63, 3.8) is 0 Å². The highest BCUT2D eigenvalue weighted by Gasteiger charge is 1.99. The topological polar surface area (TPSA) is 50.7 Å². The second kappa shape index (κ2) is 5.75. The number of amides is 1. The molecule has 1 aromatic carbocycles. The number of nitrogens with one attached hydrogen (secondary N) is 1. The molecule has 0 aliphatic rings. The summed E-state index contributed by atoms with van der Waals surface area (Å²) in [5.74, 6) is 0. The van der Waals surface area contributed by atoms with Gasteiger partial charge in [0.15, 0.2) is 0 Å². The monoisotopic (exact) mass is 192 g/mol. The first kappa shape index (κ1) is 10.2. The Kier molecular flexibility index (Phi) is 4.20. The first-order chi connectivity index (χ1) is 6.83. The number of benzene rings is 1. The van der Waals surface area contributed by atoms with Crippen molar-refractivity contribution in [3.8, 4) is 0 Å². The fourth-order valence-electron chi connectivity index (χ4n) is 0.873. The van der Waals surface area contributed by atoms with Crippen LogP contribution in [-0.2, 0) is 11.3 Å². The number of carbonyl (C=O) groups excluding carboxylic acids is 1. The molecular formula is C10H12N2O2.